The first-order valence-corrected chi connectivity index (χ1v) is 9.17. The lowest BCUT2D eigenvalue weighted by Crippen LogP contribution is -2.19. The molecule has 3 heterocycles. The van der Waals surface area contributed by atoms with Crippen LogP contribution in [0.2, 0.25) is 0 Å². The maximum absolute atomic E-state index is 4.67. The second kappa shape index (κ2) is 4.37. The van der Waals surface area contributed by atoms with Crippen molar-refractivity contribution >= 4 is 44.0 Å². The van der Waals surface area contributed by atoms with Gasteiger partial charge in [0.15, 0.2) is 5.17 Å². The van der Waals surface area contributed by atoms with Gasteiger partial charge in [-0.2, -0.15) is 0 Å². The van der Waals surface area contributed by atoms with E-state index in [1.807, 2.05) is 23.1 Å². The topological polar surface area (TPSA) is 15.6 Å². The Balaban J connectivity index is 1.68. The molecule has 4 heteroatoms. The summed E-state index contributed by atoms with van der Waals surface area (Å²) in [5.41, 5.74) is 2.81. The van der Waals surface area contributed by atoms with E-state index in [0.29, 0.717) is 0 Å². The number of thioether (sulfide) groups is 1. The molecule has 1 saturated carbocycles. The van der Waals surface area contributed by atoms with Gasteiger partial charge >= 0.3 is 0 Å². The number of hydrogen-bond donors (Lipinski definition) is 0. The van der Waals surface area contributed by atoms with Gasteiger partial charge in [0.1, 0.15) is 0 Å². The largest absolute Gasteiger partial charge is 0.317 e. The zero-order valence-electron chi connectivity index (χ0n) is 11.9. The third kappa shape index (κ3) is 1.89. The molecular weight excluding hydrogens is 296 g/mol. The highest BCUT2D eigenvalue weighted by Gasteiger charge is 2.40. The molecule has 0 atom stereocenters. The summed E-state index contributed by atoms with van der Waals surface area (Å²) in [6.07, 6.45) is 2.72. The fraction of sp³-hybridized carbons (Fsp3) is 0.353. The maximum Gasteiger partial charge on any atom is 0.168 e. The molecule has 0 unspecified atom stereocenters. The summed E-state index contributed by atoms with van der Waals surface area (Å²) in [4.78, 5) is 10.1. The molecule has 3 aliphatic rings. The molecule has 1 fully saturated rings. The Morgan fingerprint density at radius 1 is 1.24 bits per heavy atom. The van der Waals surface area contributed by atoms with Gasteiger partial charge in [-0.15, -0.1) is 11.3 Å². The molecule has 2 aromatic rings. The summed E-state index contributed by atoms with van der Waals surface area (Å²) in [6, 6.07) is 9.16. The summed E-state index contributed by atoms with van der Waals surface area (Å²) in [5, 5.41) is 2.62. The number of hydrogen-bond acceptors (Lipinski definition) is 4. The number of aliphatic imine (C=N–C) groups is 1. The van der Waals surface area contributed by atoms with Crippen molar-refractivity contribution in [1.29, 1.82) is 0 Å². The first-order chi connectivity index (χ1) is 10.3. The minimum absolute atomic E-state index is 0.797. The summed E-state index contributed by atoms with van der Waals surface area (Å²) < 4.78 is 1.40. The number of aryl methyl sites for hydroxylation is 1. The standard InChI is InChI=1S/C17H16N2S2/c1-10-2-5-13-12(8-10)9-14(20-13)15-16(11-3-4-11)21-17-18-6-7-19(15)17/h2,5,8-9,11H,3-4,6-7H2,1H3. The molecule has 0 N–H and O–H groups in total. The van der Waals surface area contributed by atoms with Gasteiger partial charge in [0.25, 0.3) is 0 Å². The molecule has 1 aromatic heterocycles. The summed E-state index contributed by atoms with van der Waals surface area (Å²) in [5.74, 6) is 0.797. The van der Waals surface area contributed by atoms with E-state index in [0.717, 1.165) is 19.0 Å². The Bertz CT molecular complexity index is 811. The van der Waals surface area contributed by atoms with Gasteiger partial charge in [0.2, 0.25) is 0 Å². The van der Waals surface area contributed by atoms with Crippen molar-refractivity contribution in [2.45, 2.75) is 19.8 Å². The second-order valence-electron chi connectivity index (χ2n) is 6.06. The first-order valence-electron chi connectivity index (χ1n) is 7.54. The first kappa shape index (κ1) is 12.3. The van der Waals surface area contributed by atoms with Gasteiger partial charge in [0.05, 0.1) is 17.1 Å². The van der Waals surface area contributed by atoms with Crippen molar-refractivity contribution < 1.29 is 0 Å². The SMILES string of the molecule is Cc1ccc2sc(C3=C(C4CC4)SC4=NCCN43)cc2c1. The minimum Gasteiger partial charge on any atom is -0.317 e. The van der Waals surface area contributed by atoms with Crippen LogP contribution in [0.4, 0.5) is 0 Å². The molecule has 21 heavy (non-hydrogen) atoms. The number of benzene rings is 1. The third-order valence-electron chi connectivity index (χ3n) is 4.36. The second-order valence-corrected chi connectivity index (χ2v) is 8.15. The molecule has 1 aliphatic carbocycles. The molecule has 0 bridgehead atoms. The van der Waals surface area contributed by atoms with Crippen LogP contribution >= 0.6 is 23.1 Å². The predicted octanol–water partition coefficient (Wildman–Crippen LogP) is 4.71. The van der Waals surface area contributed by atoms with Crippen LogP contribution in [0.25, 0.3) is 15.8 Å². The Labute approximate surface area is 132 Å². The van der Waals surface area contributed by atoms with E-state index in [4.69, 9.17) is 0 Å². The van der Waals surface area contributed by atoms with Crippen LogP contribution in [0, 0.1) is 12.8 Å². The lowest BCUT2D eigenvalue weighted by Gasteiger charge is -2.15. The van der Waals surface area contributed by atoms with Crippen molar-refractivity contribution in [2.24, 2.45) is 10.9 Å². The lowest BCUT2D eigenvalue weighted by molar-refractivity contribution is 0.647. The van der Waals surface area contributed by atoms with Crippen LogP contribution in [0.3, 0.4) is 0 Å². The molecular formula is C17H16N2S2. The Kier molecular flexibility index (Phi) is 2.56. The number of fused-ring (bicyclic) bond motifs is 2. The molecule has 5 rings (SSSR count). The van der Waals surface area contributed by atoms with Gasteiger partial charge in [-0.05, 0) is 43.2 Å². The van der Waals surface area contributed by atoms with E-state index >= 15 is 0 Å². The molecule has 1 aromatic carbocycles. The van der Waals surface area contributed by atoms with Crippen molar-refractivity contribution in [3.8, 4) is 0 Å². The maximum atomic E-state index is 4.67. The van der Waals surface area contributed by atoms with Crippen LogP contribution < -0.4 is 0 Å². The smallest absolute Gasteiger partial charge is 0.168 e. The number of allylic oxidation sites excluding steroid dienone is 1. The quantitative estimate of drug-likeness (QED) is 0.798. The average Bonchev–Trinajstić information content (AvgIpc) is 2.93. The van der Waals surface area contributed by atoms with E-state index in [9.17, 15) is 0 Å². The van der Waals surface area contributed by atoms with Gasteiger partial charge in [0, 0.05) is 16.1 Å². The highest BCUT2D eigenvalue weighted by Crippen LogP contribution is 2.53. The highest BCUT2D eigenvalue weighted by molar-refractivity contribution is 8.17. The fourth-order valence-corrected chi connectivity index (χ4v) is 5.70. The van der Waals surface area contributed by atoms with Crippen molar-refractivity contribution in [3.05, 3.63) is 39.6 Å². The van der Waals surface area contributed by atoms with Crippen LogP contribution in [-0.4, -0.2) is 23.2 Å². The van der Waals surface area contributed by atoms with Gasteiger partial charge in [-0.25, -0.2) is 0 Å². The van der Waals surface area contributed by atoms with Crippen LogP contribution in [0.1, 0.15) is 23.3 Å². The highest BCUT2D eigenvalue weighted by atomic mass is 32.2. The van der Waals surface area contributed by atoms with Crippen molar-refractivity contribution in [2.75, 3.05) is 13.1 Å². The molecule has 0 saturated heterocycles. The van der Waals surface area contributed by atoms with Gasteiger partial charge in [-0.1, -0.05) is 29.5 Å². The van der Waals surface area contributed by atoms with E-state index in [1.54, 1.807) is 4.91 Å². The Morgan fingerprint density at radius 2 is 2.14 bits per heavy atom. The van der Waals surface area contributed by atoms with Gasteiger partial charge in [-0.3, -0.25) is 4.99 Å². The fourth-order valence-electron chi connectivity index (χ4n) is 3.16. The lowest BCUT2D eigenvalue weighted by atomic mass is 10.1. The number of nitrogens with zero attached hydrogens (tertiary/aromatic N) is 2. The minimum atomic E-state index is 0.797. The van der Waals surface area contributed by atoms with Crippen molar-refractivity contribution in [3.63, 3.8) is 0 Å². The normalized spacial score (nSPS) is 21.4. The van der Waals surface area contributed by atoms with Crippen LogP contribution in [-0.2, 0) is 0 Å². The van der Waals surface area contributed by atoms with E-state index < -0.39 is 0 Å². The van der Waals surface area contributed by atoms with Crippen molar-refractivity contribution in [1.82, 2.24) is 4.90 Å². The molecule has 0 spiro atoms. The zero-order valence-corrected chi connectivity index (χ0v) is 13.6. The summed E-state index contributed by atoms with van der Waals surface area (Å²) in [7, 11) is 0. The van der Waals surface area contributed by atoms with E-state index in [2.05, 4.69) is 41.1 Å². The number of amidine groups is 1. The van der Waals surface area contributed by atoms with Crippen LogP contribution in [0.5, 0.6) is 0 Å². The molecule has 2 nitrogen and oxygen atoms in total. The Morgan fingerprint density at radius 3 is 3.00 bits per heavy atom. The van der Waals surface area contributed by atoms with Gasteiger partial charge < -0.3 is 4.90 Å². The summed E-state index contributed by atoms with van der Waals surface area (Å²) >= 11 is 3.86. The van der Waals surface area contributed by atoms with Crippen LogP contribution in [0.15, 0.2) is 34.2 Å². The summed E-state index contributed by atoms with van der Waals surface area (Å²) in [6.45, 7) is 4.18. The monoisotopic (exact) mass is 312 g/mol. The average molecular weight is 312 g/mol. The molecule has 0 radical (unpaired) electrons. The zero-order chi connectivity index (χ0) is 14.0. The van der Waals surface area contributed by atoms with E-state index in [-0.39, 0.29) is 0 Å². The molecule has 106 valence electrons. The van der Waals surface area contributed by atoms with E-state index in [1.165, 1.54) is 44.2 Å². The number of thiophene rings is 1. The predicted molar refractivity (Wildman–Crippen MR) is 92.8 cm³/mol. The third-order valence-corrected chi connectivity index (χ3v) is 6.76. The Hall–Kier alpha value is -1.26. The molecule has 0 amide bonds. The molecule has 2 aliphatic heterocycles. The number of rotatable bonds is 2.